The smallest absolute Gasteiger partial charge is 0.236 e. The molecule has 0 radical (unpaired) electrons. The predicted octanol–water partition coefficient (Wildman–Crippen LogP) is 6.32. The molecule has 1 heterocycles. The highest BCUT2D eigenvalue weighted by Crippen LogP contribution is 2.32. The largest absolute Gasteiger partial charge is 0.419 e. The summed E-state index contributed by atoms with van der Waals surface area (Å²) in [5.74, 6) is -2.87. The van der Waals surface area contributed by atoms with Crippen molar-refractivity contribution in [2.45, 2.75) is 38.8 Å². The number of alkyl halides is 3. The van der Waals surface area contributed by atoms with E-state index in [2.05, 4.69) is 9.97 Å². The van der Waals surface area contributed by atoms with Crippen LogP contribution in [0.5, 0.6) is 0 Å². The molecule has 0 atom stereocenters. The van der Waals surface area contributed by atoms with Gasteiger partial charge in [-0.15, -0.1) is 0 Å². The summed E-state index contributed by atoms with van der Waals surface area (Å²) in [4.78, 5) is 8.27. The Kier molecular flexibility index (Phi) is 6.43. The Morgan fingerprint density at radius 2 is 1.40 bits per heavy atom. The Morgan fingerprint density at radius 1 is 0.767 bits per heavy atom. The van der Waals surface area contributed by atoms with Crippen LogP contribution in [-0.4, -0.2) is 9.97 Å². The summed E-state index contributed by atoms with van der Waals surface area (Å²) in [6.45, 7) is 2.01. The highest BCUT2D eigenvalue weighted by Gasteiger charge is 2.33. The van der Waals surface area contributed by atoms with Gasteiger partial charge in [0, 0.05) is 23.5 Å². The van der Waals surface area contributed by atoms with Gasteiger partial charge in [0.05, 0.1) is 5.56 Å². The number of hydrogen-bond acceptors (Lipinski definition) is 2. The third kappa shape index (κ3) is 4.98. The molecule has 0 aliphatic rings. The normalized spacial score (nSPS) is 11.7. The number of nitrogens with zero attached hydrogens (tertiary/aromatic N) is 2. The molecule has 0 N–H and O–H groups in total. The molecule has 0 amide bonds. The van der Waals surface area contributed by atoms with Crippen LogP contribution < -0.4 is 0 Å². The Labute approximate surface area is 169 Å². The highest BCUT2D eigenvalue weighted by atomic mass is 19.4. The lowest BCUT2D eigenvalue weighted by molar-refractivity contribution is -0.140. The highest BCUT2D eigenvalue weighted by molar-refractivity contribution is 5.56. The van der Waals surface area contributed by atoms with E-state index in [4.69, 9.17) is 0 Å². The average Bonchev–Trinajstić information content (AvgIpc) is 2.67. The number of rotatable bonds is 6. The van der Waals surface area contributed by atoms with E-state index in [0.717, 1.165) is 42.7 Å². The summed E-state index contributed by atoms with van der Waals surface area (Å²) in [6, 6.07) is 4.68. The minimum atomic E-state index is -4.80. The number of hydrogen-bond donors (Lipinski definition) is 0. The van der Waals surface area contributed by atoms with Gasteiger partial charge in [0.1, 0.15) is 17.5 Å². The van der Waals surface area contributed by atoms with Gasteiger partial charge in [-0.2, -0.15) is 13.2 Å². The zero-order valence-corrected chi connectivity index (χ0v) is 16.0. The Balaban J connectivity index is 1.77. The monoisotopic (exact) mass is 424 g/mol. The molecule has 8 heteroatoms. The van der Waals surface area contributed by atoms with Gasteiger partial charge in [0.25, 0.3) is 0 Å². The van der Waals surface area contributed by atoms with Crippen molar-refractivity contribution in [1.82, 2.24) is 9.97 Å². The van der Waals surface area contributed by atoms with Crippen LogP contribution in [0.2, 0.25) is 0 Å². The summed E-state index contributed by atoms with van der Waals surface area (Å²) in [5.41, 5.74) is -0.308. The van der Waals surface area contributed by atoms with Crippen molar-refractivity contribution in [2.75, 3.05) is 0 Å². The first-order chi connectivity index (χ1) is 14.2. The van der Waals surface area contributed by atoms with E-state index in [0.29, 0.717) is 6.07 Å². The van der Waals surface area contributed by atoms with E-state index >= 15 is 0 Å². The van der Waals surface area contributed by atoms with Crippen LogP contribution >= 0.6 is 0 Å². The first-order valence-corrected chi connectivity index (χ1v) is 9.34. The average molecular weight is 424 g/mol. The summed E-state index contributed by atoms with van der Waals surface area (Å²) < 4.78 is 80.5. The molecule has 3 rings (SSSR count). The molecular formula is C22H18F6N2. The number of halogens is 6. The molecule has 0 saturated carbocycles. The molecule has 158 valence electrons. The van der Waals surface area contributed by atoms with E-state index in [9.17, 15) is 26.3 Å². The Morgan fingerprint density at radius 3 is 1.93 bits per heavy atom. The number of aryl methyl sites for hydroxylation is 2. The molecule has 0 aliphatic heterocycles. The Hall–Kier alpha value is -2.90. The number of benzene rings is 2. The second-order valence-corrected chi connectivity index (χ2v) is 6.90. The van der Waals surface area contributed by atoms with Crippen LogP contribution in [0.15, 0.2) is 42.7 Å². The lowest BCUT2D eigenvalue weighted by Crippen LogP contribution is -2.08. The van der Waals surface area contributed by atoms with Gasteiger partial charge in [-0.05, 0) is 54.7 Å². The molecule has 0 saturated heterocycles. The van der Waals surface area contributed by atoms with Crippen LogP contribution in [-0.2, 0) is 25.4 Å². The second kappa shape index (κ2) is 8.85. The fourth-order valence-electron chi connectivity index (χ4n) is 3.11. The van der Waals surface area contributed by atoms with Crippen molar-refractivity contribution in [3.63, 3.8) is 0 Å². The van der Waals surface area contributed by atoms with Crippen molar-refractivity contribution >= 4 is 0 Å². The van der Waals surface area contributed by atoms with Gasteiger partial charge < -0.3 is 0 Å². The molecule has 0 unspecified atom stereocenters. The molecule has 2 nitrogen and oxygen atoms in total. The van der Waals surface area contributed by atoms with E-state index in [-0.39, 0.29) is 35.4 Å². The lowest BCUT2D eigenvalue weighted by atomic mass is 10.0. The van der Waals surface area contributed by atoms with Crippen molar-refractivity contribution in [2.24, 2.45) is 0 Å². The van der Waals surface area contributed by atoms with Crippen molar-refractivity contribution in [3.05, 3.63) is 82.4 Å². The fraction of sp³-hybridized carbons (Fsp3) is 0.273. The van der Waals surface area contributed by atoms with Gasteiger partial charge in [0.2, 0.25) is 0 Å². The summed E-state index contributed by atoms with van der Waals surface area (Å²) >= 11 is 0. The molecule has 0 bridgehead atoms. The van der Waals surface area contributed by atoms with Gasteiger partial charge in [-0.1, -0.05) is 19.4 Å². The molecule has 30 heavy (non-hydrogen) atoms. The van der Waals surface area contributed by atoms with E-state index < -0.39 is 29.2 Å². The zero-order chi connectivity index (χ0) is 21.9. The molecular weight excluding hydrogens is 406 g/mol. The van der Waals surface area contributed by atoms with Crippen molar-refractivity contribution in [1.29, 1.82) is 0 Å². The first kappa shape index (κ1) is 21.8. The van der Waals surface area contributed by atoms with E-state index in [1.165, 1.54) is 0 Å². The van der Waals surface area contributed by atoms with Crippen molar-refractivity contribution < 1.29 is 26.3 Å². The van der Waals surface area contributed by atoms with Crippen LogP contribution in [0.3, 0.4) is 0 Å². The molecule has 0 aliphatic carbocycles. The molecule has 1 aromatic heterocycles. The van der Waals surface area contributed by atoms with Crippen LogP contribution in [0.1, 0.15) is 35.6 Å². The number of aromatic nitrogens is 2. The Bertz CT molecular complexity index is 1010. The van der Waals surface area contributed by atoms with Gasteiger partial charge in [-0.3, -0.25) is 0 Å². The molecule has 0 fully saturated rings. The summed E-state index contributed by atoms with van der Waals surface area (Å²) in [7, 11) is 0. The second-order valence-electron chi connectivity index (χ2n) is 6.90. The summed E-state index contributed by atoms with van der Waals surface area (Å²) in [6.07, 6.45) is -0.0314. The van der Waals surface area contributed by atoms with Gasteiger partial charge in [-0.25, -0.2) is 23.1 Å². The minimum Gasteiger partial charge on any atom is -0.236 e. The van der Waals surface area contributed by atoms with E-state index in [1.807, 2.05) is 6.92 Å². The van der Waals surface area contributed by atoms with Crippen molar-refractivity contribution in [3.8, 4) is 11.4 Å². The van der Waals surface area contributed by atoms with E-state index in [1.54, 1.807) is 12.4 Å². The van der Waals surface area contributed by atoms with Gasteiger partial charge in [0.15, 0.2) is 5.82 Å². The predicted molar refractivity (Wildman–Crippen MR) is 100 cm³/mol. The maximum Gasteiger partial charge on any atom is 0.419 e. The SMILES string of the molecule is CCCc1cnc(-c2cc(F)c(CCc3ccc(C(F)(F)F)c(F)c3)c(F)c2)nc1. The van der Waals surface area contributed by atoms with Gasteiger partial charge >= 0.3 is 6.18 Å². The van der Waals surface area contributed by atoms with Crippen LogP contribution in [0.25, 0.3) is 11.4 Å². The fourth-order valence-corrected chi connectivity index (χ4v) is 3.11. The van der Waals surface area contributed by atoms with Crippen LogP contribution in [0, 0.1) is 17.5 Å². The minimum absolute atomic E-state index is 0.0234. The third-order valence-electron chi connectivity index (χ3n) is 4.65. The molecule has 0 spiro atoms. The first-order valence-electron chi connectivity index (χ1n) is 9.34. The standard InChI is InChI=1S/C22H18F6N2/c1-2-3-14-11-29-21(30-12-14)15-9-18(23)16(19(24)10-15)6-4-13-5-7-17(20(25)8-13)22(26,27)28/h5,7-12H,2-4,6H2,1H3. The summed E-state index contributed by atoms with van der Waals surface area (Å²) in [5, 5.41) is 0. The lowest BCUT2D eigenvalue weighted by Gasteiger charge is -2.11. The third-order valence-corrected chi connectivity index (χ3v) is 4.65. The van der Waals surface area contributed by atoms with Crippen LogP contribution in [0.4, 0.5) is 26.3 Å². The maximum absolute atomic E-state index is 14.5. The maximum atomic E-state index is 14.5. The topological polar surface area (TPSA) is 25.8 Å². The molecule has 2 aromatic carbocycles. The molecule has 3 aromatic rings. The quantitative estimate of drug-likeness (QED) is 0.433. The zero-order valence-electron chi connectivity index (χ0n) is 16.0.